The van der Waals surface area contributed by atoms with Gasteiger partial charge in [-0.2, -0.15) is 0 Å². The van der Waals surface area contributed by atoms with Gasteiger partial charge in [0.05, 0.1) is 6.61 Å². The zero-order valence-electron chi connectivity index (χ0n) is 10.2. The maximum Gasteiger partial charge on any atom is 0.127 e. The minimum Gasteiger partial charge on any atom is -0.493 e. The summed E-state index contributed by atoms with van der Waals surface area (Å²) in [6.07, 6.45) is 0. The molecule has 0 heterocycles. The van der Waals surface area contributed by atoms with Crippen molar-refractivity contribution >= 4 is 5.69 Å². The normalized spacial score (nSPS) is 10.2. The highest BCUT2D eigenvalue weighted by molar-refractivity contribution is 5.73. The van der Waals surface area contributed by atoms with Crippen LogP contribution < -0.4 is 10.5 Å². The minimum absolute atomic E-state index is 0.665. The van der Waals surface area contributed by atoms with Crippen molar-refractivity contribution in [2.24, 2.45) is 0 Å². The molecule has 2 aromatic rings. The van der Waals surface area contributed by atoms with Crippen LogP contribution in [0.4, 0.5) is 5.69 Å². The Morgan fingerprint density at radius 2 is 1.88 bits per heavy atom. The lowest BCUT2D eigenvalue weighted by Gasteiger charge is -2.11. The first kappa shape index (κ1) is 11.5. The fourth-order valence-corrected chi connectivity index (χ4v) is 1.79. The van der Waals surface area contributed by atoms with Gasteiger partial charge in [-0.05, 0) is 37.1 Å². The third-order valence-corrected chi connectivity index (χ3v) is 2.78. The molecule has 2 rings (SSSR count). The highest BCUT2D eigenvalue weighted by Crippen LogP contribution is 2.31. The molecule has 0 amide bonds. The Kier molecular flexibility index (Phi) is 3.33. The number of hydrogen-bond donors (Lipinski definition) is 1. The Morgan fingerprint density at radius 1 is 1.12 bits per heavy atom. The zero-order valence-corrected chi connectivity index (χ0v) is 10.2. The number of benzene rings is 2. The molecule has 0 aliphatic heterocycles. The first-order valence-corrected chi connectivity index (χ1v) is 5.80. The Labute approximate surface area is 102 Å². The van der Waals surface area contributed by atoms with E-state index in [0.717, 1.165) is 28.1 Å². The van der Waals surface area contributed by atoms with Gasteiger partial charge in [0.1, 0.15) is 5.75 Å². The Balaban J connectivity index is 2.48. The number of anilines is 1. The molecule has 0 aromatic heterocycles. The van der Waals surface area contributed by atoms with Gasteiger partial charge in [-0.25, -0.2) is 0 Å². The maximum absolute atomic E-state index is 5.94. The van der Waals surface area contributed by atoms with Gasteiger partial charge in [0.15, 0.2) is 0 Å². The summed E-state index contributed by atoms with van der Waals surface area (Å²) in [7, 11) is 0. The predicted molar refractivity (Wildman–Crippen MR) is 72.2 cm³/mol. The quantitative estimate of drug-likeness (QED) is 0.812. The zero-order chi connectivity index (χ0) is 12.3. The smallest absolute Gasteiger partial charge is 0.127 e. The number of nitrogens with two attached hydrogens (primary N) is 1. The lowest BCUT2D eigenvalue weighted by Crippen LogP contribution is -1.95. The predicted octanol–water partition coefficient (Wildman–Crippen LogP) is 3.64. The van der Waals surface area contributed by atoms with Gasteiger partial charge in [-0.15, -0.1) is 0 Å². The molecule has 2 heteroatoms. The van der Waals surface area contributed by atoms with Crippen LogP contribution in [0.15, 0.2) is 42.5 Å². The van der Waals surface area contributed by atoms with E-state index >= 15 is 0 Å². The molecule has 0 unspecified atom stereocenters. The molecule has 0 radical (unpaired) electrons. The second-order valence-corrected chi connectivity index (χ2v) is 4.00. The summed E-state index contributed by atoms with van der Waals surface area (Å²) in [4.78, 5) is 0. The van der Waals surface area contributed by atoms with Crippen LogP contribution in [-0.2, 0) is 0 Å². The summed E-state index contributed by atoms with van der Waals surface area (Å²) in [5.41, 5.74) is 10.0. The second-order valence-electron chi connectivity index (χ2n) is 4.00. The Morgan fingerprint density at radius 3 is 2.59 bits per heavy atom. The highest BCUT2D eigenvalue weighted by atomic mass is 16.5. The maximum atomic E-state index is 5.94. The standard InChI is InChI=1S/C15H17NO/c1-3-17-15-7-5-4-6-13(15)12-9-8-11(2)14(16)10-12/h4-10H,3,16H2,1-2H3. The van der Waals surface area contributed by atoms with E-state index in [1.807, 2.05) is 44.2 Å². The van der Waals surface area contributed by atoms with Crippen molar-refractivity contribution in [2.45, 2.75) is 13.8 Å². The van der Waals surface area contributed by atoms with Gasteiger partial charge < -0.3 is 10.5 Å². The lowest BCUT2D eigenvalue weighted by atomic mass is 10.0. The molecule has 2 nitrogen and oxygen atoms in total. The van der Waals surface area contributed by atoms with Gasteiger partial charge in [0.2, 0.25) is 0 Å². The molecule has 0 saturated heterocycles. The van der Waals surface area contributed by atoms with Gasteiger partial charge in [0, 0.05) is 11.3 Å². The summed E-state index contributed by atoms with van der Waals surface area (Å²) in [5.74, 6) is 0.901. The van der Waals surface area contributed by atoms with Crippen LogP contribution in [0.3, 0.4) is 0 Å². The van der Waals surface area contributed by atoms with Crippen LogP contribution >= 0.6 is 0 Å². The Hall–Kier alpha value is -1.96. The minimum atomic E-state index is 0.665. The largest absolute Gasteiger partial charge is 0.493 e. The third-order valence-electron chi connectivity index (χ3n) is 2.78. The molecule has 0 saturated carbocycles. The van der Waals surface area contributed by atoms with Crippen LogP contribution in [-0.4, -0.2) is 6.61 Å². The van der Waals surface area contributed by atoms with E-state index in [2.05, 4.69) is 12.1 Å². The molecule has 88 valence electrons. The summed E-state index contributed by atoms with van der Waals surface area (Å²) < 4.78 is 5.62. The van der Waals surface area contributed by atoms with E-state index in [-0.39, 0.29) is 0 Å². The molecule has 2 aromatic carbocycles. The van der Waals surface area contributed by atoms with Gasteiger partial charge >= 0.3 is 0 Å². The van der Waals surface area contributed by atoms with Crippen molar-refractivity contribution < 1.29 is 4.74 Å². The summed E-state index contributed by atoms with van der Waals surface area (Å²) in [6, 6.07) is 14.1. The fraction of sp³-hybridized carbons (Fsp3) is 0.200. The van der Waals surface area contributed by atoms with Crippen molar-refractivity contribution in [1.29, 1.82) is 0 Å². The van der Waals surface area contributed by atoms with Crippen LogP contribution in [0.2, 0.25) is 0 Å². The van der Waals surface area contributed by atoms with E-state index in [1.165, 1.54) is 0 Å². The number of hydrogen-bond acceptors (Lipinski definition) is 2. The van der Waals surface area contributed by atoms with Crippen molar-refractivity contribution in [3.05, 3.63) is 48.0 Å². The molecule has 0 spiro atoms. The number of rotatable bonds is 3. The molecular weight excluding hydrogens is 210 g/mol. The van der Waals surface area contributed by atoms with Crippen molar-refractivity contribution in [3.63, 3.8) is 0 Å². The molecular formula is C15H17NO. The molecule has 0 aliphatic rings. The summed E-state index contributed by atoms with van der Waals surface area (Å²) in [6.45, 7) is 4.66. The van der Waals surface area contributed by atoms with Crippen molar-refractivity contribution in [3.8, 4) is 16.9 Å². The van der Waals surface area contributed by atoms with E-state index in [1.54, 1.807) is 0 Å². The van der Waals surface area contributed by atoms with E-state index in [9.17, 15) is 0 Å². The molecule has 0 atom stereocenters. The molecule has 0 bridgehead atoms. The van der Waals surface area contributed by atoms with Gasteiger partial charge in [0.25, 0.3) is 0 Å². The monoisotopic (exact) mass is 227 g/mol. The van der Waals surface area contributed by atoms with Crippen molar-refractivity contribution in [1.82, 2.24) is 0 Å². The molecule has 2 N–H and O–H groups in total. The second kappa shape index (κ2) is 4.91. The van der Waals surface area contributed by atoms with Crippen LogP contribution in [0.1, 0.15) is 12.5 Å². The average Bonchev–Trinajstić information content (AvgIpc) is 2.34. The topological polar surface area (TPSA) is 35.2 Å². The van der Waals surface area contributed by atoms with Gasteiger partial charge in [-0.1, -0.05) is 30.3 Å². The summed E-state index contributed by atoms with van der Waals surface area (Å²) >= 11 is 0. The van der Waals surface area contributed by atoms with Crippen LogP contribution in [0.25, 0.3) is 11.1 Å². The average molecular weight is 227 g/mol. The van der Waals surface area contributed by atoms with E-state index in [0.29, 0.717) is 6.61 Å². The van der Waals surface area contributed by atoms with Crippen LogP contribution in [0, 0.1) is 6.92 Å². The number of para-hydroxylation sites is 1. The first-order chi connectivity index (χ1) is 8.22. The SMILES string of the molecule is CCOc1ccccc1-c1ccc(C)c(N)c1. The third kappa shape index (κ3) is 2.41. The molecule has 0 aliphatic carbocycles. The van der Waals surface area contributed by atoms with Crippen LogP contribution in [0.5, 0.6) is 5.75 Å². The number of aryl methyl sites for hydroxylation is 1. The highest BCUT2D eigenvalue weighted by Gasteiger charge is 2.06. The fourth-order valence-electron chi connectivity index (χ4n) is 1.79. The first-order valence-electron chi connectivity index (χ1n) is 5.80. The van der Waals surface area contributed by atoms with Gasteiger partial charge in [-0.3, -0.25) is 0 Å². The Bertz CT molecular complexity index is 520. The van der Waals surface area contributed by atoms with Crippen molar-refractivity contribution in [2.75, 3.05) is 12.3 Å². The molecule has 17 heavy (non-hydrogen) atoms. The number of nitrogen functional groups attached to an aromatic ring is 1. The molecule has 0 fully saturated rings. The van der Waals surface area contributed by atoms with E-state index in [4.69, 9.17) is 10.5 Å². The van der Waals surface area contributed by atoms with E-state index < -0.39 is 0 Å². The number of ether oxygens (including phenoxy) is 1. The summed E-state index contributed by atoms with van der Waals surface area (Å²) in [5, 5.41) is 0. The lowest BCUT2D eigenvalue weighted by molar-refractivity contribution is 0.341.